The lowest BCUT2D eigenvalue weighted by atomic mass is 9.94. The number of halogens is 1. The van der Waals surface area contributed by atoms with Gasteiger partial charge in [0.15, 0.2) is 0 Å². The van der Waals surface area contributed by atoms with Crippen molar-refractivity contribution in [3.63, 3.8) is 0 Å². The zero-order chi connectivity index (χ0) is 12.0. The van der Waals surface area contributed by atoms with E-state index in [9.17, 15) is 0 Å². The SMILES string of the molecule is CC(CCCCN)c1ccc(Cl)c(CO)c1. The Morgan fingerprint density at radius 1 is 1.38 bits per heavy atom. The fourth-order valence-corrected chi connectivity index (χ4v) is 1.96. The number of hydrogen-bond donors (Lipinski definition) is 2. The molecule has 0 fully saturated rings. The van der Waals surface area contributed by atoms with Crippen LogP contribution in [-0.4, -0.2) is 11.7 Å². The van der Waals surface area contributed by atoms with E-state index in [-0.39, 0.29) is 6.61 Å². The summed E-state index contributed by atoms with van der Waals surface area (Å²) >= 11 is 5.95. The van der Waals surface area contributed by atoms with Crippen LogP contribution in [0.1, 0.15) is 43.2 Å². The molecule has 0 aromatic heterocycles. The number of hydrogen-bond acceptors (Lipinski definition) is 2. The number of aliphatic hydroxyl groups is 1. The average Bonchev–Trinajstić information content (AvgIpc) is 2.30. The summed E-state index contributed by atoms with van der Waals surface area (Å²) in [5.74, 6) is 0.495. The van der Waals surface area contributed by atoms with Crippen LogP contribution in [0.2, 0.25) is 5.02 Å². The summed E-state index contributed by atoms with van der Waals surface area (Å²) in [5.41, 5.74) is 7.52. The Morgan fingerprint density at radius 3 is 2.75 bits per heavy atom. The maximum Gasteiger partial charge on any atom is 0.0696 e. The van der Waals surface area contributed by atoms with E-state index in [1.54, 1.807) is 0 Å². The summed E-state index contributed by atoms with van der Waals surface area (Å²) in [4.78, 5) is 0. The molecule has 0 bridgehead atoms. The maximum absolute atomic E-state index is 9.14. The van der Waals surface area contributed by atoms with Crippen molar-refractivity contribution in [2.24, 2.45) is 5.73 Å². The highest BCUT2D eigenvalue weighted by molar-refractivity contribution is 6.31. The lowest BCUT2D eigenvalue weighted by Crippen LogP contribution is -2.00. The van der Waals surface area contributed by atoms with Crippen LogP contribution in [0.3, 0.4) is 0 Å². The Kier molecular flexibility index (Phi) is 5.81. The number of rotatable bonds is 6. The van der Waals surface area contributed by atoms with Crippen molar-refractivity contribution in [3.05, 3.63) is 34.3 Å². The Balaban J connectivity index is 2.64. The molecule has 16 heavy (non-hydrogen) atoms. The summed E-state index contributed by atoms with van der Waals surface area (Å²) in [7, 11) is 0. The van der Waals surface area contributed by atoms with Crippen LogP contribution in [0.15, 0.2) is 18.2 Å². The first-order valence-corrected chi connectivity index (χ1v) is 6.16. The molecule has 1 aromatic rings. The fraction of sp³-hybridized carbons (Fsp3) is 0.538. The molecular weight excluding hydrogens is 222 g/mol. The first-order chi connectivity index (χ1) is 7.69. The zero-order valence-electron chi connectivity index (χ0n) is 9.75. The topological polar surface area (TPSA) is 46.2 Å². The minimum atomic E-state index is 0.00218. The highest BCUT2D eigenvalue weighted by Crippen LogP contribution is 2.25. The van der Waals surface area contributed by atoms with Gasteiger partial charge in [-0.1, -0.05) is 37.1 Å². The molecule has 1 unspecified atom stereocenters. The molecule has 0 amide bonds. The molecule has 0 aliphatic rings. The maximum atomic E-state index is 9.14. The van der Waals surface area contributed by atoms with Crippen LogP contribution in [0.4, 0.5) is 0 Å². The lowest BCUT2D eigenvalue weighted by Gasteiger charge is -2.13. The van der Waals surface area contributed by atoms with Gasteiger partial charge >= 0.3 is 0 Å². The summed E-state index contributed by atoms with van der Waals surface area (Å²) in [5, 5.41) is 9.78. The Bertz CT molecular complexity index is 328. The van der Waals surface area contributed by atoms with Gasteiger partial charge in [0.25, 0.3) is 0 Å². The van der Waals surface area contributed by atoms with Crippen molar-refractivity contribution in [2.45, 2.75) is 38.7 Å². The normalized spacial score (nSPS) is 12.8. The molecule has 2 nitrogen and oxygen atoms in total. The molecule has 0 saturated carbocycles. The number of unbranched alkanes of at least 4 members (excludes halogenated alkanes) is 1. The molecule has 0 saturated heterocycles. The van der Waals surface area contributed by atoms with Crippen molar-refractivity contribution in [3.8, 4) is 0 Å². The second-order valence-corrected chi connectivity index (χ2v) is 4.60. The second-order valence-electron chi connectivity index (χ2n) is 4.19. The largest absolute Gasteiger partial charge is 0.392 e. The van der Waals surface area contributed by atoms with Gasteiger partial charge in [0.05, 0.1) is 6.61 Å². The summed E-state index contributed by atoms with van der Waals surface area (Å²) in [6.45, 7) is 2.96. The van der Waals surface area contributed by atoms with Crippen molar-refractivity contribution in [2.75, 3.05) is 6.54 Å². The van der Waals surface area contributed by atoms with Crippen molar-refractivity contribution < 1.29 is 5.11 Å². The van der Waals surface area contributed by atoms with Crippen molar-refractivity contribution in [1.29, 1.82) is 0 Å². The van der Waals surface area contributed by atoms with Crippen molar-refractivity contribution >= 4 is 11.6 Å². The highest BCUT2D eigenvalue weighted by Gasteiger charge is 2.07. The average molecular weight is 242 g/mol. The first kappa shape index (κ1) is 13.5. The van der Waals surface area contributed by atoms with Gasteiger partial charge in [-0.25, -0.2) is 0 Å². The molecule has 1 rings (SSSR count). The molecule has 0 spiro atoms. The number of aliphatic hydroxyl groups excluding tert-OH is 1. The Morgan fingerprint density at radius 2 is 2.12 bits per heavy atom. The minimum Gasteiger partial charge on any atom is -0.392 e. The van der Waals surface area contributed by atoms with Gasteiger partial charge in [-0.05, 0) is 42.5 Å². The van der Waals surface area contributed by atoms with E-state index in [0.29, 0.717) is 10.9 Å². The second kappa shape index (κ2) is 6.89. The molecule has 0 aliphatic heterocycles. The smallest absolute Gasteiger partial charge is 0.0696 e. The molecule has 3 heteroatoms. The zero-order valence-corrected chi connectivity index (χ0v) is 10.5. The standard InChI is InChI=1S/C13H20ClNO/c1-10(4-2-3-7-15)11-5-6-13(14)12(8-11)9-16/h5-6,8,10,16H,2-4,7,9,15H2,1H3. The monoisotopic (exact) mass is 241 g/mol. The van der Waals surface area contributed by atoms with Crippen LogP contribution in [0.25, 0.3) is 0 Å². The van der Waals surface area contributed by atoms with E-state index >= 15 is 0 Å². The quantitative estimate of drug-likeness (QED) is 0.752. The van der Waals surface area contributed by atoms with Gasteiger partial charge in [0.2, 0.25) is 0 Å². The van der Waals surface area contributed by atoms with Crippen LogP contribution < -0.4 is 5.73 Å². The summed E-state index contributed by atoms with van der Waals surface area (Å²) < 4.78 is 0. The summed E-state index contributed by atoms with van der Waals surface area (Å²) in [6, 6.07) is 5.89. The van der Waals surface area contributed by atoms with E-state index in [0.717, 1.165) is 31.4 Å². The van der Waals surface area contributed by atoms with Gasteiger partial charge < -0.3 is 10.8 Å². The van der Waals surface area contributed by atoms with E-state index in [1.165, 1.54) is 5.56 Å². The lowest BCUT2D eigenvalue weighted by molar-refractivity contribution is 0.282. The van der Waals surface area contributed by atoms with Crippen LogP contribution in [-0.2, 0) is 6.61 Å². The third-order valence-electron chi connectivity index (χ3n) is 2.90. The fourth-order valence-electron chi connectivity index (χ4n) is 1.78. The van der Waals surface area contributed by atoms with Crippen LogP contribution in [0, 0.1) is 0 Å². The Hall–Kier alpha value is -0.570. The molecular formula is C13H20ClNO. The number of nitrogens with two attached hydrogens (primary N) is 1. The first-order valence-electron chi connectivity index (χ1n) is 5.78. The third kappa shape index (κ3) is 3.78. The minimum absolute atomic E-state index is 0.00218. The van der Waals surface area contributed by atoms with Crippen LogP contribution in [0.5, 0.6) is 0 Å². The molecule has 1 aromatic carbocycles. The van der Waals surface area contributed by atoms with E-state index in [1.807, 2.05) is 18.2 Å². The third-order valence-corrected chi connectivity index (χ3v) is 3.27. The molecule has 90 valence electrons. The van der Waals surface area contributed by atoms with E-state index in [2.05, 4.69) is 6.92 Å². The Labute approximate surface area is 102 Å². The number of benzene rings is 1. The predicted octanol–water partition coefficient (Wildman–Crippen LogP) is 3.06. The molecule has 0 aliphatic carbocycles. The summed E-state index contributed by atoms with van der Waals surface area (Å²) in [6.07, 6.45) is 3.35. The predicted molar refractivity (Wildman–Crippen MR) is 68.7 cm³/mol. The van der Waals surface area contributed by atoms with Gasteiger partial charge in [-0.15, -0.1) is 0 Å². The molecule has 3 N–H and O–H groups in total. The molecule has 1 atom stereocenters. The van der Waals surface area contributed by atoms with Gasteiger partial charge in [-0.3, -0.25) is 0 Å². The van der Waals surface area contributed by atoms with E-state index < -0.39 is 0 Å². The van der Waals surface area contributed by atoms with Gasteiger partial charge in [-0.2, -0.15) is 0 Å². The van der Waals surface area contributed by atoms with Crippen LogP contribution >= 0.6 is 11.6 Å². The molecule has 0 radical (unpaired) electrons. The van der Waals surface area contributed by atoms with Gasteiger partial charge in [0, 0.05) is 5.02 Å². The van der Waals surface area contributed by atoms with E-state index in [4.69, 9.17) is 22.4 Å². The van der Waals surface area contributed by atoms with Gasteiger partial charge in [0.1, 0.15) is 0 Å². The molecule has 0 heterocycles. The highest BCUT2D eigenvalue weighted by atomic mass is 35.5. The van der Waals surface area contributed by atoms with Crippen molar-refractivity contribution in [1.82, 2.24) is 0 Å².